The van der Waals surface area contributed by atoms with Gasteiger partial charge in [-0.2, -0.15) is 27.0 Å². The third-order valence-electron chi connectivity index (χ3n) is 5.01. The van der Waals surface area contributed by atoms with Crippen molar-refractivity contribution >= 4 is 42.4 Å². The van der Waals surface area contributed by atoms with Crippen LogP contribution in [0.4, 0.5) is 11.4 Å². The molecule has 4 rings (SSSR count). The van der Waals surface area contributed by atoms with E-state index in [1.807, 2.05) is 0 Å². The lowest BCUT2D eigenvalue weighted by Crippen LogP contribution is -2.47. The van der Waals surface area contributed by atoms with E-state index in [0.717, 1.165) is 30.3 Å². The average molecular weight is 545 g/mol. The van der Waals surface area contributed by atoms with Crippen molar-refractivity contribution in [1.82, 2.24) is 0 Å². The van der Waals surface area contributed by atoms with Gasteiger partial charge in [0.15, 0.2) is 5.36 Å². The highest BCUT2D eigenvalue weighted by atomic mass is 32.2. The van der Waals surface area contributed by atoms with Crippen LogP contribution in [0.3, 0.4) is 0 Å². The van der Waals surface area contributed by atoms with Gasteiger partial charge in [-0.25, -0.2) is 0 Å². The molecule has 0 radical (unpaired) electrons. The van der Waals surface area contributed by atoms with Gasteiger partial charge in [0.1, 0.15) is 11.1 Å². The maximum atomic E-state index is 12.8. The molecule has 0 aliphatic rings. The van der Waals surface area contributed by atoms with Crippen molar-refractivity contribution in [2.24, 2.45) is 10.2 Å². The van der Waals surface area contributed by atoms with Crippen molar-refractivity contribution in [3.63, 3.8) is 0 Å². The Morgan fingerprint density at radius 1 is 0.730 bits per heavy atom. The van der Waals surface area contributed by atoms with Crippen LogP contribution in [0.1, 0.15) is 0 Å². The van der Waals surface area contributed by atoms with Gasteiger partial charge < -0.3 is 5.11 Å². The Balaban J connectivity index is 1.87. The zero-order chi connectivity index (χ0) is 27.0. The van der Waals surface area contributed by atoms with Gasteiger partial charge in [0.05, 0.1) is 21.2 Å². The number of benzene rings is 4. The fourth-order valence-electron chi connectivity index (χ4n) is 3.31. The maximum absolute atomic E-state index is 12.8. The summed E-state index contributed by atoms with van der Waals surface area (Å²) in [5, 5.41) is 17.0. The largest absolute Gasteiger partial charge is 0.507 e. The van der Waals surface area contributed by atoms with E-state index < -0.39 is 52.0 Å². The normalized spacial score (nSPS) is 13.1. The molecule has 4 aromatic carbocycles. The van der Waals surface area contributed by atoms with Crippen LogP contribution in [0.25, 0.3) is 10.8 Å². The molecular weight excluding hydrogens is 528 g/mol. The lowest BCUT2D eigenvalue weighted by molar-refractivity contribution is 0.471. The first kappa shape index (κ1) is 25.6. The number of fused-ring (bicyclic) bond motifs is 1. The van der Waals surface area contributed by atoms with Gasteiger partial charge in [0.25, 0.3) is 20.2 Å². The quantitative estimate of drug-likeness (QED) is 0.166. The van der Waals surface area contributed by atoms with Gasteiger partial charge in [0, 0.05) is 11.5 Å². The third kappa shape index (κ3) is 5.54. The predicted molar refractivity (Wildman–Crippen MR) is 131 cm³/mol. The van der Waals surface area contributed by atoms with Crippen LogP contribution in [0.15, 0.2) is 96.3 Å². The van der Waals surface area contributed by atoms with E-state index >= 15 is 0 Å². The van der Waals surface area contributed by atoms with E-state index in [0.29, 0.717) is 11.8 Å². The number of nitrogens with one attached hydrogen (secondary N) is 2. The van der Waals surface area contributed by atoms with Crippen LogP contribution in [0.5, 0.6) is 5.75 Å². The number of anilines is 2. The summed E-state index contributed by atoms with van der Waals surface area (Å²) in [5.41, 5.74) is 3.66. The summed E-state index contributed by atoms with van der Waals surface area (Å²) in [6, 6.07) is 13.9. The summed E-state index contributed by atoms with van der Waals surface area (Å²) in [6.45, 7) is 0. The lowest BCUT2D eigenvalue weighted by atomic mass is 10.1. The summed E-state index contributed by atoms with van der Waals surface area (Å²) in [4.78, 5) is 23.5. The second-order valence-electron chi connectivity index (χ2n) is 7.54. The minimum atomic E-state index is -4.82. The van der Waals surface area contributed by atoms with Crippen molar-refractivity contribution in [3.05, 3.63) is 97.9 Å². The van der Waals surface area contributed by atoms with E-state index in [1.54, 1.807) is 30.3 Å². The molecule has 13 nitrogen and oxygen atoms in total. The molecule has 0 fully saturated rings. The molecule has 0 amide bonds. The number of phenolic OH excluding ortho intramolecular Hbond substituents is 1. The van der Waals surface area contributed by atoms with Crippen LogP contribution in [0, 0.1) is 0 Å². The monoisotopic (exact) mass is 544 g/mol. The molecular formula is C22H16N4O9S2. The van der Waals surface area contributed by atoms with Gasteiger partial charge in [0.2, 0.25) is 10.9 Å². The molecule has 0 aliphatic carbocycles. The number of para-hydroxylation sites is 1. The number of hydrogen-bond donors (Lipinski definition) is 5. The predicted octanol–water partition coefficient (Wildman–Crippen LogP) is 0.490. The van der Waals surface area contributed by atoms with E-state index in [2.05, 4.69) is 21.1 Å². The van der Waals surface area contributed by atoms with Gasteiger partial charge in [-0.05, 0) is 47.9 Å². The Kier molecular flexibility index (Phi) is 6.62. The first-order valence-electron chi connectivity index (χ1n) is 10.1. The standard InChI is InChI=1S/C22H16N4O9S2/c27-18-7-6-16(22(29)21(18)26-23-13-4-2-1-3-5-13)24-25-17-10-14(36(30,31)32)8-12-9-15(37(33,34)35)11-19(28)20(12)17/h1-11,23,25,28H,(H,30,31,32)(H,33,34,35)/b24-16+,26-21+. The van der Waals surface area contributed by atoms with Gasteiger partial charge >= 0.3 is 0 Å². The summed E-state index contributed by atoms with van der Waals surface area (Å²) < 4.78 is 65.4. The first-order valence-corrected chi connectivity index (χ1v) is 13.0. The Morgan fingerprint density at radius 2 is 1.35 bits per heavy atom. The van der Waals surface area contributed by atoms with Crippen molar-refractivity contribution in [3.8, 4) is 5.75 Å². The van der Waals surface area contributed by atoms with Crippen molar-refractivity contribution in [2.45, 2.75) is 9.79 Å². The highest BCUT2D eigenvalue weighted by Gasteiger charge is 2.19. The fraction of sp³-hybridized carbons (Fsp3) is 0. The summed E-state index contributed by atoms with van der Waals surface area (Å²) in [6.07, 6.45) is 0. The fourth-order valence-corrected chi connectivity index (χ4v) is 4.39. The molecule has 4 aromatic rings. The minimum Gasteiger partial charge on any atom is -0.507 e. The highest BCUT2D eigenvalue weighted by molar-refractivity contribution is 7.86. The molecule has 0 heterocycles. The third-order valence-corrected chi connectivity index (χ3v) is 6.67. The Bertz CT molecular complexity index is 1980. The zero-order valence-corrected chi connectivity index (χ0v) is 20.0. The van der Waals surface area contributed by atoms with Crippen molar-refractivity contribution < 1.29 is 31.0 Å². The van der Waals surface area contributed by atoms with Gasteiger partial charge in [-0.1, -0.05) is 18.2 Å². The SMILES string of the molecule is O=c1cc/c(=N\Nc2cc(S(=O)(=O)O)cc3cc(S(=O)(=O)O)cc(O)c23)c(=O)/c1=N/Nc1ccccc1. The zero-order valence-electron chi connectivity index (χ0n) is 18.4. The van der Waals surface area contributed by atoms with E-state index in [1.165, 1.54) is 0 Å². The second-order valence-corrected chi connectivity index (χ2v) is 10.4. The number of phenols is 1. The molecule has 0 saturated carbocycles. The van der Waals surface area contributed by atoms with Crippen LogP contribution >= 0.6 is 0 Å². The molecule has 0 aliphatic heterocycles. The van der Waals surface area contributed by atoms with Crippen LogP contribution < -0.4 is 32.4 Å². The van der Waals surface area contributed by atoms with Crippen LogP contribution in [-0.2, 0) is 20.2 Å². The molecule has 0 unspecified atom stereocenters. The van der Waals surface area contributed by atoms with Crippen molar-refractivity contribution in [2.75, 3.05) is 10.9 Å². The number of rotatable bonds is 6. The second kappa shape index (κ2) is 9.55. The topological polar surface area (TPSA) is 212 Å². The highest BCUT2D eigenvalue weighted by Crippen LogP contribution is 2.36. The van der Waals surface area contributed by atoms with Crippen molar-refractivity contribution in [1.29, 1.82) is 0 Å². The Morgan fingerprint density at radius 3 is 1.97 bits per heavy atom. The first-order chi connectivity index (χ1) is 17.3. The molecule has 0 aromatic heterocycles. The van der Waals surface area contributed by atoms with Crippen LogP contribution in [0.2, 0.25) is 0 Å². The molecule has 0 spiro atoms. The molecule has 0 saturated heterocycles. The number of aromatic hydroxyl groups is 1. The summed E-state index contributed by atoms with van der Waals surface area (Å²) in [5.74, 6) is -0.690. The molecule has 5 N–H and O–H groups in total. The van der Waals surface area contributed by atoms with Gasteiger partial charge in [-0.15, -0.1) is 0 Å². The average Bonchev–Trinajstić information content (AvgIpc) is 2.82. The van der Waals surface area contributed by atoms with E-state index in [4.69, 9.17) is 0 Å². The summed E-state index contributed by atoms with van der Waals surface area (Å²) in [7, 11) is -9.59. The van der Waals surface area contributed by atoms with Crippen LogP contribution in [-0.4, -0.2) is 31.0 Å². The minimum absolute atomic E-state index is 0.146. The number of nitrogens with zero attached hydrogens (tertiary/aromatic N) is 2. The Labute approximate surface area is 207 Å². The molecule has 37 heavy (non-hydrogen) atoms. The molecule has 190 valence electrons. The Hall–Kier alpha value is -4.44. The van der Waals surface area contributed by atoms with Gasteiger partial charge in [-0.3, -0.25) is 29.5 Å². The lowest BCUT2D eigenvalue weighted by Gasteiger charge is -2.11. The maximum Gasteiger partial charge on any atom is 0.294 e. The van der Waals surface area contributed by atoms with E-state index in [9.17, 15) is 40.6 Å². The number of hydrogen-bond acceptors (Lipinski definition) is 11. The smallest absolute Gasteiger partial charge is 0.294 e. The summed E-state index contributed by atoms with van der Waals surface area (Å²) >= 11 is 0. The molecule has 15 heteroatoms. The molecule has 0 atom stereocenters. The van der Waals surface area contributed by atoms with E-state index in [-0.39, 0.29) is 21.8 Å². The molecule has 0 bridgehead atoms.